The second-order valence-corrected chi connectivity index (χ2v) is 6.01. The van der Waals surface area contributed by atoms with Crippen LogP contribution in [-0.2, 0) is 15.3 Å². The molecule has 0 aliphatic heterocycles. The number of H-pyrrole nitrogens is 1. The SMILES string of the molecule is CCCCOC(=O)CCSCc1nc2ccccc2c(=O)[nH]1. The predicted molar refractivity (Wildman–Crippen MR) is 89.0 cm³/mol. The van der Waals surface area contributed by atoms with Crippen molar-refractivity contribution in [2.75, 3.05) is 12.4 Å². The maximum Gasteiger partial charge on any atom is 0.306 e. The van der Waals surface area contributed by atoms with Gasteiger partial charge in [0.2, 0.25) is 0 Å². The lowest BCUT2D eigenvalue weighted by Crippen LogP contribution is -2.11. The van der Waals surface area contributed by atoms with Gasteiger partial charge in [0, 0.05) is 5.75 Å². The number of hydrogen-bond acceptors (Lipinski definition) is 5. The number of fused-ring (bicyclic) bond motifs is 1. The molecule has 0 spiro atoms. The number of carbonyl (C=O) groups excluding carboxylic acids is 1. The third-order valence-electron chi connectivity index (χ3n) is 3.11. The third-order valence-corrected chi connectivity index (χ3v) is 4.08. The summed E-state index contributed by atoms with van der Waals surface area (Å²) in [6, 6.07) is 7.25. The van der Waals surface area contributed by atoms with Gasteiger partial charge in [-0.15, -0.1) is 0 Å². The van der Waals surface area contributed by atoms with Crippen molar-refractivity contribution in [1.82, 2.24) is 9.97 Å². The maximum absolute atomic E-state index is 11.9. The van der Waals surface area contributed by atoms with Crippen LogP contribution in [0.25, 0.3) is 10.9 Å². The summed E-state index contributed by atoms with van der Waals surface area (Å²) in [6.45, 7) is 2.56. The number of para-hydroxylation sites is 1. The summed E-state index contributed by atoms with van der Waals surface area (Å²) in [6.07, 6.45) is 2.30. The number of thioether (sulfide) groups is 1. The standard InChI is InChI=1S/C16H20N2O3S/c1-2-3-9-21-15(19)8-10-22-11-14-17-13-7-5-4-6-12(13)16(20)18-14/h4-7H,2-3,8-11H2,1H3,(H,17,18,20). The highest BCUT2D eigenvalue weighted by molar-refractivity contribution is 7.98. The molecule has 0 bridgehead atoms. The Hall–Kier alpha value is -1.82. The first kappa shape index (κ1) is 16.5. The van der Waals surface area contributed by atoms with Crippen LogP contribution in [0.1, 0.15) is 32.0 Å². The number of hydrogen-bond donors (Lipinski definition) is 1. The van der Waals surface area contributed by atoms with Gasteiger partial charge in [-0.3, -0.25) is 9.59 Å². The average Bonchev–Trinajstić information content (AvgIpc) is 2.52. The van der Waals surface area contributed by atoms with E-state index in [0.29, 0.717) is 41.3 Å². The second-order valence-electron chi connectivity index (χ2n) is 4.91. The molecule has 1 N–H and O–H groups in total. The fourth-order valence-corrected chi connectivity index (χ4v) is 2.72. The summed E-state index contributed by atoms with van der Waals surface area (Å²) in [5, 5.41) is 0.593. The average molecular weight is 320 g/mol. The molecule has 5 nitrogen and oxygen atoms in total. The minimum absolute atomic E-state index is 0.125. The Morgan fingerprint density at radius 3 is 3.00 bits per heavy atom. The van der Waals surface area contributed by atoms with Crippen molar-refractivity contribution in [2.24, 2.45) is 0 Å². The molecule has 0 saturated carbocycles. The Morgan fingerprint density at radius 2 is 2.18 bits per heavy atom. The Kier molecular flexibility index (Phi) is 6.45. The molecule has 118 valence electrons. The van der Waals surface area contributed by atoms with Crippen LogP contribution in [0.15, 0.2) is 29.1 Å². The monoisotopic (exact) mass is 320 g/mol. The van der Waals surface area contributed by atoms with Crippen molar-refractivity contribution in [2.45, 2.75) is 31.9 Å². The molecule has 1 aromatic carbocycles. The first-order valence-corrected chi connectivity index (χ1v) is 8.57. The largest absolute Gasteiger partial charge is 0.466 e. The number of benzene rings is 1. The van der Waals surface area contributed by atoms with Gasteiger partial charge in [-0.05, 0) is 18.6 Å². The molecular weight excluding hydrogens is 300 g/mol. The smallest absolute Gasteiger partial charge is 0.306 e. The van der Waals surface area contributed by atoms with Crippen LogP contribution in [0.2, 0.25) is 0 Å². The summed E-state index contributed by atoms with van der Waals surface area (Å²) in [4.78, 5) is 30.6. The fourth-order valence-electron chi connectivity index (χ4n) is 1.93. The molecule has 6 heteroatoms. The molecule has 0 saturated heterocycles. The van der Waals surface area contributed by atoms with Gasteiger partial charge < -0.3 is 9.72 Å². The molecule has 2 rings (SSSR count). The minimum atomic E-state index is -0.166. The molecule has 1 aromatic heterocycles. The van der Waals surface area contributed by atoms with Crippen LogP contribution >= 0.6 is 11.8 Å². The Bertz CT molecular complexity index is 684. The number of rotatable bonds is 8. The lowest BCUT2D eigenvalue weighted by molar-refractivity contribution is -0.143. The van der Waals surface area contributed by atoms with Crippen LogP contribution < -0.4 is 5.56 Å². The van der Waals surface area contributed by atoms with Gasteiger partial charge in [0.15, 0.2) is 0 Å². The van der Waals surface area contributed by atoms with Crippen molar-refractivity contribution < 1.29 is 9.53 Å². The highest BCUT2D eigenvalue weighted by Crippen LogP contribution is 2.12. The van der Waals surface area contributed by atoms with Gasteiger partial charge in [-0.1, -0.05) is 25.5 Å². The lowest BCUT2D eigenvalue weighted by atomic mass is 10.2. The summed E-state index contributed by atoms with van der Waals surface area (Å²) >= 11 is 1.56. The molecular formula is C16H20N2O3S. The van der Waals surface area contributed by atoms with Crippen molar-refractivity contribution >= 4 is 28.6 Å². The van der Waals surface area contributed by atoms with E-state index in [4.69, 9.17) is 4.74 Å². The molecule has 0 aliphatic carbocycles. The van der Waals surface area contributed by atoms with Crippen LogP contribution in [0.5, 0.6) is 0 Å². The van der Waals surface area contributed by atoms with Gasteiger partial charge in [-0.2, -0.15) is 11.8 Å². The van der Waals surface area contributed by atoms with Gasteiger partial charge >= 0.3 is 5.97 Å². The second kappa shape index (κ2) is 8.58. The van der Waals surface area contributed by atoms with Crippen LogP contribution in [-0.4, -0.2) is 28.3 Å². The normalized spacial score (nSPS) is 10.8. The molecule has 0 atom stereocenters. The van der Waals surface area contributed by atoms with Gasteiger partial charge in [-0.25, -0.2) is 4.98 Å². The summed E-state index contributed by atoms with van der Waals surface area (Å²) in [7, 11) is 0. The van der Waals surface area contributed by atoms with Gasteiger partial charge in [0.05, 0.1) is 29.7 Å². The zero-order valence-corrected chi connectivity index (χ0v) is 13.4. The number of unbranched alkanes of at least 4 members (excludes halogenated alkanes) is 1. The molecule has 22 heavy (non-hydrogen) atoms. The van der Waals surface area contributed by atoms with Crippen molar-refractivity contribution in [3.8, 4) is 0 Å². The first-order valence-electron chi connectivity index (χ1n) is 7.42. The quantitative estimate of drug-likeness (QED) is 0.598. The molecule has 0 radical (unpaired) electrons. The fraction of sp³-hybridized carbons (Fsp3) is 0.438. The Labute approximate surface area is 133 Å². The van der Waals surface area contributed by atoms with Crippen LogP contribution in [0.3, 0.4) is 0 Å². The molecule has 0 amide bonds. The number of esters is 1. The number of aromatic nitrogens is 2. The molecule has 0 unspecified atom stereocenters. The van der Waals surface area contributed by atoms with Gasteiger partial charge in [0.25, 0.3) is 5.56 Å². The van der Waals surface area contributed by atoms with E-state index in [1.165, 1.54) is 0 Å². The number of carbonyl (C=O) groups is 1. The van der Waals surface area contributed by atoms with E-state index < -0.39 is 0 Å². The number of aromatic amines is 1. The summed E-state index contributed by atoms with van der Waals surface area (Å²) in [5.74, 6) is 1.69. The highest BCUT2D eigenvalue weighted by atomic mass is 32.2. The molecule has 1 heterocycles. The predicted octanol–water partition coefficient (Wildman–Crippen LogP) is 2.89. The van der Waals surface area contributed by atoms with Crippen LogP contribution in [0, 0.1) is 0 Å². The van der Waals surface area contributed by atoms with Crippen LogP contribution in [0.4, 0.5) is 0 Å². The van der Waals surface area contributed by atoms with Crippen molar-refractivity contribution in [1.29, 1.82) is 0 Å². The summed E-state index contributed by atoms with van der Waals surface area (Å²) in [5.41, 5.74) is 0.570. The Morgan fingerprint density at radius 1 is 1.36 bits per heavy atom. The van der Waals surface area contributed by atoms with E-state index >= 15 is 0 Å². The number of ether oxygens (including phenoxy) is 1. The lowest BCUT2D eigenvalue weighted by Gasteiger charge is -2.04. The maximum atomic E-state index is 11.9. The number of nitrogens with one attached hydrogen (secondary N) is 1. The minimum Gasteiger partial charge on any atom is -0.466 e. The zero-order valence-electron chi connectivity index (χ0n) is 12.6. The van der Waals surface area contributed by atoms with E-state index in [1.54, 1.807) is 17.8 Å². The third kappa shape index (κ3) is 4.87. The first-order chi connectivity index (χ1) is 10.7. The highest BCUT2D eigenvalue weighted by Gasteiger charge is 2.05. The van der Waals surface area contributed by atoms with E-state index in [9.17, 15) is 9.59 Å². The van der Waals surface area contributed by atoms with Crippen molar-refractivity contribution in [3.63, 3.8) is 0 Å². The molecule has 0 fully saturated rings. The van der Waals surface area contributed by atoms with E-state index in [0.717, 1.165) is 12.8 Å². The van der Waals surface area contributed by atoms with E-state index in [2.05, 4.69) is 16.9 Å². The van der Waals surface area contributed by atoms with E-state index in [-0.39, 0.29) is 11.5 Å². The van der Waals surface area contributed by atoms with Gasteiger partial charge in [0.1, 0.15) is 5.82 Å². The van der Waals surface area contributed by atoms with E-state index in [1.807, 2.05) is 18.2 Å². The van der Waals surface area contributed by atoms with Crippen molar-refractivity contribution in [3.05, 3.63) is 40.4 Å². The zero-order chi connectivity index (χ0) is 15.8. The summed E-state index contributed by atoms with van der Waals surface area (Å²) < 4.78 is 5.09. The molecule has 2 aromatic rings. The number of nitrogens with zero attached hydrogens (tertiary/aromatic N) is 1. The molecule has 0 aliphatic rings. The topological polar surface area (TPSA) is 72.0 Å². The Balaban J connectivity index is 1.80.